The Bertz CT molecular complexity index is 182. The van der Waals surface area contributed by atoms with Gasteiger partial charge >= 0.3 is 0 Å². The molecule has 0 aromatic rings. The Hall–Kier alpha value is -0.120. The van der Waals surface area contributed by atoms with E-state index in [0.29, 0.717) is 0 Å². The predicted octanol–water partition coefficient (Wildman–Crippen LogP) is 1.34. The number of nitrogens with zero attached hydrogens (tertiary/aromatic N) is 1. The lowest BCUT2D eigenvalue weighted by Gasteiger charge is -2.40. The van der Waals surface area contributed by atoms with Gasteiger partial charge in [0.15, 0.2) is 0 Å². The van der Waals surface area contributed by atoms with Crippen LogP contribution in [0.4, 0.5) is 0 Å². The Morgan fingerprint density at radius 3 is 2.87 bits per heavy atom. The molecule has 3 nitrogen and oxygen atoms in total. The van der Waals surface area contributed by atoms with Crippen molar-refractivity contribution >= 4 is 0 Å². The minimum absolute atomic E-state index is 0.167. The van der Waals surface area contributed by atoms with E-state index in [9.17, 15) is 0 Å². The zero-order valence-electron chi connectivity index (χ0n) is 10.7. The molecule has 15 heavy (non-hydrogen) atoms. The molecule has 0 aromatic heterocycles. The quantitative estimate of drug-likeness (QED) is 0.767. The molecule has 0 saturated carbocycles. The van der Waals surface area contributed by atoms with Gasteiger partial charge in [0.2, 0.25) is 0 Å². The number of rotatable bonds is 3. The van der Waals surface area contributed by atoms with E-state index in [4.69, 9.17) is 4.74 Å². The second-order valence-electron chi connectivity index (χ2n) is 5.35. The van der Waals surface area contributed by atoms with Crippen LogP contribution in [0.1, 0.15) is 27.2 Å². The summed E-state index contributed by atoms with van der Waals surface area (Å²) in [5.41, 5.74) is 0.167. The Balaban J connectivity index is 2.55. The van der Waals surface area contributed by atoms with Gasteiger partial charge in [0.25, 0.3) is 0 Å². The Labute approximate surface area is 94.2 Å². The number of nitrogens with one attached hydrogen (secondary N) is 1. The van der Waals surface area contributed by atoms with Crippen molar-refractivity contribution < 1.29 is 4.74 Å². The molecule has 0 bridgehead atoms. The van der Waals surface area contributed by atoms with E-state index in [2.05, 4.69) is 31.0 Å². The third-order valence-corrected chi connectivity index (χ3v) is 3.16. The van der Waals surface area contributed by atoms with Crippen molar-refractivity contribution in [3.05, 3.63) is 0 Å². The highest BCUT2D eigenvalue weighted by molar-refractivity contribution is 4.84. The van der Waals surface area contributed by atoms with Gasteiger partial charge in [-0.25, -0.2) is 0 Å². The van der Waals surface area contributed by atoms with Gasteiger partial charge in [-0.15, -0.1) is 0 Å². The Morgan fingerprint density at radius 1 is 1.47 bits per heavy atom. The molecule has 1 unspecified atom stereocenters. The van der Waals surface area contributed by atoms with Crippen molar-refractivity contribution in [2.24, 2.45) is 5.92 Å². The molecule has 0 radical (unpaired) electrons. The molecule has 3 heteroatoms. The van der Waals surface area contributed by atoms with E-state index >= 15 is 0 Å². The van der Waals surface area contributed by atoms with Crippen LogP contribution in [0.2, 0.25) is 0 Å². The summed E-state index contributed by atoms with van der Waals surface area (Å²) < 4.78 is 5.31. The number of hydrogen-bond donors (Lipinski definition) is 1. The van der Waals surface area contributed by atoms with Gasteiger partial charge < -0.3 is 10.1 Å². The maximum absolute atomic E-state index is 5.31. The summed E-state index contributed by atoms with van der Waals surface area (Å²) in [5.74, 6) is 0.724. The summed E-state index contributed by atoms with van der Waals surface area (Å²) in [6, 6.07) is 0. The zero-order chi connectivity index (χ0) is 11.3. The summed E-state index contributed by atoms with van der Waals surface area (Å²) in [7, 11) is 1.79. The third kappa shape index (κ3) is 4.09. The molecular weight excluding hydrogens is 188 g/mol. The summed E-state index contributed by atoms with van der Waals surface area (Å²) in [6.45, 7) is 12.3. The fourth-order valence-corrected chi connectivity index (χ4v) is 2.27. The first-order valence-corrected chi connectivity index (χ1v) is 6.01. The van der Waals surface area contributed by atoms with Crippen LogP contribution in [0.3, 0.4) is 0 Å². The van der Waals surface area contributed by atoms with Crippen molar-refractivity contribution in [3.8, 4) is 0 Å². The molecule has 1 saturated heterocycles. The van der Waals surface area contributed by atoms with Crippen LogP contribution in [-0.2, 0) is 4.74 Å². The number of hydrogen-bond acceptors (Lipinski definition) is 3. The smallest absolute Gasteiger partial charge is 0.0641 e. The highest BCUT2D eigenvalue weighted by Gasteiger charge is 2.28. The average Bonchev–Trinajstić information content (AvgIpc) is 2.10. The van der Waals surface area contributed by atoms with Crippen LogP contribution in [-0.4, -0.2) is 50.3 Å². The summed E-state index contributed by atoms with van der Waals surface area (Å²) in [6.07, 6.45) is 1.24. The second-order valence-corrected chi connectivity index (χ2v) is 5.35. The van der Waals surface area contributed by atoms with Gasteiger partial charge in [0.1, 0.15) is 0 Å². The van der Waals surface area contributed by atoms with Gasteiger partial charge in [0, 0.05) is 19.2 Å². The van der Waals surface area contributed by atoms with Crippen LogP contribution in [0, 0.1) is 5.92 Å². The topological polar surface area (TPSA) is 24.5 Å². The molecule has 0 spiro atoms. The number of ether oxygens (including phenoxy) is 1. The molecule has 1 aliphatic rings. The van der Waals surface area contributed by atoms with E-state index in [1.807, 2.05) is 0 Å². The molecular formula is C12H26N2O. The second kappa shape index (κ2) is 5.83. The van der Waals surface area contributed by atoms with Gasteiger partial charge in [-0.3, -0.25) is 4.90 Å². The molecule has 1 atom stereocenters. The van der Waals surface area contributed by atoms with Crippen molar-refractivity contribution in [3.63, 3.8) is 0 Å². The van der Waals surface area contributed by atoms with E-state index in [1.165, 1.54) is 19.5 Å². The summed E-state index contributed by atoms with van der Waals surface area (Å²) in [4.78, 5) is 2.57. The highest BCUT2D eigenvalue weighted by atomic mass is 16.5. The van der Waals surface area contributed by atoms with Crippen LogP contribution in [0.25, 0.3) is 0 Å². The predicted molar refractivity (Wildman–Crippen MR) is 64.2 cm³/mol. The maximum Gasteiger partial charge on any atom is 0.0641 e. The first-order chi connectivity index (χ1) is 7.06. The molecule has 90 valence electrons. The van der Waals surface area contributed by atoms with Crippen LogP contribution in [0.15, 0.2) is 0 Å². The average molecular weight is 214 g/mol. The van der Waals surface area contributed by atoms with E-state index < -0.39 is 0 Å². The lowest BCUT2D eigenvalue weighted by atomic mass is 10.00. The molecule has 0 aliphatic carbocycles. The van der Waals surface area contributed by atoms with Gasteiger partial charge in [-0.1, -0.05) is 6.92 Å². The normalized spacial score (nSPS) is 26.0. The molecule has 1 N–H and O–H groups in total. The first-order valence-electron chi connectivity index (χ1n) is 6.01. The van der Waals surface area contributed by atoms with Crippen molar-refractivity contribution in [1.82, 2.24) is 10.2 Å². The first kappa shape index (κ1) is 12.9. The van der Waals surface area contributed by atoms with Crippen LogP contribution < -0.4 is 5.32 Å². The molecule has 1 aliphatic heterocycles. The monoisotopic (exact) mass is 214 g/mol. The Kier molecular flexibility index (Phi) is 5.03. The standard InChI is InChI=1S/C12H26N2O/c1-11-8-13-6-5-7-14(9-11)12(2,3)10-15-4/h11,13H,5-10H2,1-4H3. The molecule has 1 heterocycles. The summed E-state index contributed by atoms with van der Waals surface area (Å²) >= 11 is 0. The lowest BCUT2D eigenvalue weighted by molar-refractivity contribution is 0.0213. The van der Waals surface area contributed by atoms with Crippen LogP contribution in [0.5, 0.6) is 0 Å². The van der Waals surface area contributed by atoms with Crippen molar-refractivity contribution in [2.45, 2.75) is 32.7 Å². The Morgan fingerprint density at radius 2 is 2.20 bits per heavy atom. The van der Waals surface area contributed by atoms with E-state index in [1.54, 1.807) is 7.11 Å². The van der Waals surface area contributed by atoms with Crippen LogP contribution >= 0.6 is 0 Å². The largest absolute Gasteiger partial charge is 0.383 e. The van der Waals surface area contributed by atoms with E-state index in [-0.39, 0.29) is 5.54 Å². The fourth-order valence-electron chi connectivity index (χ4n) is 2.27. The molecule has 1 fully saturated rings. The zero-order valence-corrected chi connectivity index (χ0v) is 10.7. The maximum atomic E-state index is 5.31. The fraction of sp³-hybridized carbons (Fsp3) is 1.00. The highest BCUT2D eigenvalue weighted by Crippen LogP contribution is 2.18. The van der Waals surface area contributed by atoms with Gasteiger partial charge in [-0.2, -0.15) is 0 Å². The SMILES string of the molecule is COCC(C)(C)N1CCCNCC(C)C1. The van der Waals surface area contributed by atoms with Crippen molar-refractivity contribution in [1.29, 1.82) is 0 Å². The van der Waals surface area contributed by atoms with Gasteiger partial charge in [-0.05, 0) is 45.8 Å². The summed E-state index contributed by atoms with van der Waals surface area (Å²) in [5, 5.41) is 3.48. The molecule has 0 aromatic carbocycles. The minimum Gasteiger partial charge on any atom is -0.383 e. The molecule has 0 amide bonds. The van der Waals surface area contributed by atoms with Gasteiger partial charge in [0.05, 0.1) is 6.61 Å². The van der Waals surface area contributed by atoms with E-state index in [0.717, 1.165) is 25.6 Å². The third-order valence-electron chi connectivity index (χ3n) is 3.16. The number of methoxy groups -OCH3 is 1. The minimum atomic E-state index is 0.167. The lowest BCUT2D eigenvalue weighted by Crippen LogP contribution is -2.51. The van der Waals surface area contributed by atoms with Crippen molar-refractivity contribution in [2.75, 3.05) is 39.9 Å². The molecule has 1 rings (SSSR count).